The first-order chi connectivity index (χ1) is 10.7. The van der Waals surface area contributed by atoms with Gasteiger partial charge in [-0.3, -0.25) is 4.79 Å². The standard InChI is InChI=1S/C15H19N5O2/c21-11-3-1-10(2-4-11)18-15-17-8-9-7-12-14(22)16-5-6-20(12)13(9)19-15/h7-8,10-11,21H,1-6H2,(H,16,22)(H,17,18,19). The molecule has 1 aliphatic heterocycles. The van der Waals surface area contributed by atoms with Gasteiger partial charge in [0, 0.05) is 30.7 Å². The van der Waals surface area contributed by atoms with Crippen molar-refractivity contribution in [3.63, 3.8) is 0 Å². The van der Waals surface area contributed by atoms with Crippen LogP contribution in [-0.4, -0.2) is 44.2 Å². The number of aromatic nitrogens is 3. The van der Waals surface area contributed by atoms with E-state index in [2.05, 4.69) is 20.6 Å². The van der Waals surface area contributed by atoms with Crippen LogP contribution < -0.4 is 10.6 Å². The Hall–Kier alpha value is -2.15. The van der Waals surface area contributed by atoms with Gasteiger partial charge in [0.1, 0.15) is 11.3 Å². The fourth-order valence-electron chi connectivity index (χ4n) is 3.30. The van der Waals surface area contributed by atoms with Crippen molar-refractivity contribution < 1.29 is 9.90 Å². The third kappa shape index (κ3) is 2.31. The number of nitrogens with zero attached hydrogens (tertiary/aromatic N) is 3. The highest BCUT2D eigenvalue weighted by Crippen LogP contribution is 2.23. The van der Waals surface area contributed by atoms with Gasteiger partial charge in [-0.1, -0.05) is 0 Å². The molecule has 2 aromatic heterocycles. The molecule has 0 aromatic carbocycles. The molecule has 0 spiro atoms. The van der Waals surface area contributed by atoms with Crippen molar-refractivity contribution in [2.24, 2.45) is 0 Å². The van der Waals surface area contributed by atoms with Crippen LogP contribution in [-0.2, 0) is 6.54 Å². The lowest BCUT2D eigenvalue weighted by Crippen LogP contribution is -2.35. The first-order valence-electron chi connectivity index (χ1n) is 7.80. The highest BCUT2D eigenvalue weighted by atomic mass is 16.3. The summed E-state index contributed by atoms with van der Waals surface area (Å²) in [6.45, 7) is 1.36. The number of hydrogen-bond donors (Lipinski definition) is 3. The summed E-state index contributed by atoms with van der Waals surface area (Å²) in [6.07, 6.45) is 5.09. The highest BCUT2D eigenvalue weighted by molar-refractivity contribution is 5.98. The highest BCUT2D eigenvalue weighted by Gasteiger charge is 2.22. The van der Waals surface area contributed by atoms with E-state index >= 15 is 0 Å². The van der Waals surface area contributed by atoms with Gasteiger partial charge in [0.2, 0.25) is 5.95 Å². The summed E-state index contributed by atoms with van der Waals surface area (Å²) in [5.74, 6) is 0.542. The number of carbonyl (C=O) groups excluding carboxylic acids is 1. The maximum Gasteiger partial charge on any atom is 0.268 e. The Kier molecular flexibility index (Phi) is 3.22. The SMILES string of the molecule is O=C1NCCn2c1cc1cnc(NC3CCC(O)CC3)nc12. The van der Waals surface area contributed by atoms with E-state index in [-0.39, 0.29) is 12.0 Å². The van der Waals surface area contributed by atoms with Gasteiger partial charge < -0.3 is 20.3 Å². The molecular weight excluding hydrogens is 282 g/mol. The maximum absolute atomic E-state index is 11.9. The Morgan fingerprint density at radius 2 is 2.14 bits per heavy atom. The molecule has 1 aliphatic carbocycles. The van der Waals surface area contributed by atoms with Crippen molar-refractivity contribution in [2.75, 3.05) is 11.9 Å². The van der Waals surface area contributed by atoms with Gasteiger partial charge >= 0.3 is 0 Å². The molecule has 0 unspecified atom stereocenters. The molecule has 0 saturated heterocycles. The van der Waals surface area contributed by atoms with Crippen LogP contribution in [0.2, 0.25) is 0 Å². The van der Waals surface area contributed by atoms with Crippen LogP contribution in [0.4, 0.5) is 5.95 Å². The molecule has 0 radical (unpaired) electrons. The fourth-order valence-corrected chi connectivity index (χ4v) is 3.30. The Balaban J connectivity index is 1.62. The number of hydrogen-bond acceptors (Lipinski definition) is 5. The molecule has 0 bridgehead atoms. The molecule has 7 nitrogen and oxygen atoms in total. The Labute approximate surface area is 127 Å². The minimum absolute atomic E-state index is 0.0555. The third-order valence-corrected chi connectivity index (χ3v) is 4.52. The number of nitrogens with one attached hydrogen (secondary N) is 2. The fraction of sp³-hybridized carbons (Fsp3) is 0.533. The average Bonchev–Trinajstić information content (AvgIpc) is 2.89. The van der Waals surface area contributed by atoms with Crippen LogP contribution in [0.25, 0.3) is 11.0 Å². The zero-order valence-electron chi connectivity index (χ0n) is 12.2. The molecule has 1 amide bonds. The van der Waals surface area contributed by atoms with E-state index in [0.717, 1.165) is 43.3 Å². The van der Waals surface area contributed by atoms with Crippen molar-refractivity contribution in [2.45, 2.75) is 44.4 Å². The topological polar surface area (TPSA) is 92.1 Å². The van der Waals surface area contributed by atoms with Crippen molar-refractivity contribution in [1.29, 1.82) is 0 Å². The van der Waals surface area contributed by atoms with Crippen LogP contribution in [0, 0.1) is 0 Å². The van der Waals surface area contributed by atoms with Crippen molar-refractivity contribution in [1.82, 2.24) is 19.9 Å². The van der Waals surface area contributed by atoms with Crippen LogP contribution >= 0.6 is 0 Å². The second kappa shape index (κ2) is 5.24. The molecule has 7 heteroatoms. The molecule has 2 aliphatic rings. The van der Waals surface area contributed by atoms with Gasteiger partial charge in [-0.15, -0.1) is 0 Å². The summed E-state index contributed by atoms with van der Waals surface area (Å²) in [5.41, 5.74) is 1.45. The zero-order valence-corrected chi connectivity index (χ0v) is 12.2. The van der Waals surface area contributed by atoms with Crippen LogP contribution in [0.3, 0.4) is 0 Å². The van der Waals surface area contributed by atoms with Gasteiger partial charge in [-0.25, -0.2) is 4.98 Å². The largest absolute Gasteiger partial charge is 0.393 e. The van der Waals surface area contributed by atoms with Gasteiger partial charge in [-0.05, 0) is 31.7 Å². The molecule has 4 rings (SSSR count). The van der Waals surface area contributed by atoms with E-state index in [9.17, 15) is 9.90 Å². The number of anilines is 1. The van der Waals surface area contributed by atoms with Crippen LogP contribution in [0.15, 0.2) is 12.3 Å². The molecule has 3 N–H and O–H groups in total. The Morgan fingerprint density at radius 1 is 1.32 bits per heavy atom. The Bertz CT molecular complexity index is 718. The summed E-state index contributed by atoms with van der Waals surface area (Å²) in [5, 5.41) is 16.6. The van der Waals surface area contributed by atoms with Gasteiger partial charge in [0.25, 0.3) is 5.91 Å². The molecule has 1 fully saturated rings. The van der Waals surface area contributed by atoms with E-state index in [0.29, 0.717) is 24.2 Å². The predicted octanol–water partition coefficient (Wildman–Crippen LogP) is 0.890. The minimum Gasteiger partial charge on any atom is -0.393 e. The molecule has 22 heavy (non-hydrogen) atoms. The van der Waals surface area contributed by atoms with Gasteiger partial charge in [-0.2, -0.15) is 4.98 Å². The van der Waals surface area contributed by atoms with Gasteiger partial charge in [0.05, 0.1) is 6.10 Å². The number of aliphatic hydroxyl groups is 1. The molecule has 1 saturated carbocycles. The summed E-state index contributed by atoms with van der Waals surface area (Å²) < 4.78 is 1.95. The number of rotatable bonds is 2. The molecule has 3 heterocycles. The van der Waals surface area contributed by atoms with Crippen molar-refractivity contribution in [3.8, 4) is 0 Å². The maximum atomic E-state index is 11.9. The lowest BCUT2D eigenvalue weighted by atomic mass is 9.93. The van der Waals surface area contributed by atoms with Crippen molar-refractivity contribution in [3.05, 3.63) is 18.0 Å². The minimum atomic E-state index is -0.169. The lowest BCUT2D eigenvalue weighted by molar-refractivity contribution is 0.0929. The number of amides is 1. The van der Waals surface area contributed by atoms with Crippen LogP contribution in [0.5, 0.6) is 0 Å². The van der Waals surface area contributed by atoms with Crippen LogP contribution in [0.1, 0.15) is 36.2 Å². The van der Waals surface area contributed by atoms with E-state index in [1.165, 1.54) is 0 Å². The number of aliphatic hydroxyl groups excluding tert-OH is 1. The third-order valence-electron chi connectivity index (χ3n) is 4.52. The van der Waals surface area contributed by atoms with E-state index in [1.54, 1.807) is 6.20 Å². The van der Waals surface area contributed by atoms with Gasteiger partial charge in [0.15, 0.2) is 0 Å². The molecule has 0 atom stereocenters. The van der Waals surface area contributed by atoms with E-state index in [1.807, 2.05) is 10.6 Å². The predicted molar refractivity (Wildman–Crippen MR) is 81.7 cm³/mol. The quantitative estimate of drug-likeness (QED) is 0.766. The lowest BCUT2D eigenvalue weighted by Gasteiger charge is -2.26. The first-order valence-corrected chi connectivity index (χ1v) is 7.80. The summed E-state index contributed by atoms with van der Waals surface area (Å²) in [4.78, 5) is 20.8. The summed E-state index contributed by atoms with van der Waals surface area (Å²) in [6, 6.07) is 2.14. The summed E-state index contributed by atoms with van der Waals surface area (Å²) >= 11 is 0. The first kappa shape index (κ1) is 13.5. The van der Waals surface area contributed by atoms with E-state index < -0.39 is 0 Å². The molecular formula is C15H19N5O2. The second-order valence-electron chi connectivity index (χ2n) is 6.06. The smallest absolute Gasteiger partial charge is 0.268 e. The molecule has 2 aromatic rings. The molecule has 116 valence electrons. The Morgan fingerprint density at radius 3 is 2.95 bits per heavy atom. The zero-order chi connectivity index (χ0) is 15.1. The number of carbonyl (C=O) groups is 1. The van der Waals surface area contributed by atoms with E-state index in [4.69, 9.17) is 0 Å². The number of fused-ring (bicyclic) bond motifs is 3. The second-order valence-corrected chi connectivity index (χ2v) is 6.06. The average molecular weight is 301 g/mol. The monoisotopic (exact) mass is 301 g/mol. The summed E-state index contributed by atoms with van der Waals surface area (Å²) in [7, 11) is 0. The normalized spacial score (nSPS) is 24.9. The van der Waals surface area contributed by atoms with Crippen molar-refractivity contribution >= 4 is 22.9 Å².